The first-order valence-electron chi connectivity index (χ1n) is 10.5. The fraction of sp³-hybridized carbons (Fsp3) is 0.259. The Balaban J connectivity index is 1.65. The van der Waals surface area contributed by atoms with Gasteiger partial charge >= 0.3 is 0 Å². The van der Waals surface area contributed by atoms with E-state index in [1.165, 1.54) is 28.8 Å². The van der Waals surface area contributed by atoms with Crippen molar-refractivity contribution in [1.82, 2.24) is 4.90 Å². The third kappa shape index (κ3) is 4.38. The van der Waals surface area contributed by atoms with Crippen LogP contribution in [0, 0.1) is 5.82 Å². The van der Waals surface area contributed by atoms with Crippen LogP contribution in [0.1, 0.15) is 40.7 Å². The van der Waals surface area contributed by atoms with E-state index in [1.807, 2.05) is 30.3 Å². The minimum Gasteiger partial charge on any atom is -0.361 e. The summed E-state index contributed by atoms with van der Waals surface area (Å²) in [5.41, 5.74) is 5.25. The number of ether oxygens (including phenoxy) is 1. The van der Waals surface area contributed by atoms with Crippen LogP contribution < -0.4 is 0 Å². The highest BCUT2D eigenvalue weighted by molar-refractivity contribution is 5.70. The van der Waals surface area contributed by atoms with Crippen LogP contribution in [0.15, 0.2) is 72.8 Å². The molecule has 0 fully saturated rings. The van der Waals surface area contributed by atoms with Gasteiger partial charge in [0.2, 0.25) is 0 Å². The lowest BCUT2D eigenvalue weighted by Gasteiger charge is -2.31. The minimum atomic E-state index is -0.513. The Morgan fingerprint density at radius 2 is 1.67 bits per heavy atom. The lowest BCUT2D eigenvalue weighted by atomic mass is 9.81. The average molecular weight is 402 g/mol. The van der Waals surface area contributed by atoms with Gasteiger partial charge in [0, 0.05) is 0 Å². The van der Waals surface area contributed by atoms with Crippen LogP contribution in [0.2, 0.25) is 0 Å². The summed E-state index contributed by atoms with van der Waals surface area (Å²) in [7, 11) is 4.17. The molecule has 0 saturated carbocycles. The van der Waals surface area contributed by atoms with E-state index in [2.05, 4.69) is 61.5 Å². The second-order valence-electron chi connectivity index (χ2n) is 8.19. The highest BCUT2D eigenvalue weighted by Gasteiger charge is 2.41. The highest BCUT2D eigenvalue weighted by atomic mass is 19.1. The Bertz CT molecular complexity index is 1010. The Labute approximate surface area is 178 Å². The van der Waals surface area contributed by atoms with Crippen LogP contribution in [0.5, 0.6) is 0 Å². The molecule has 0 aromatic heterocycles. The smallest absolute Gasteiger partial charge is 0.123 e. The fourth-order valence-electron chi connectivity index (χ4n) is 4.22. The molecule has 0 N–H and O–H groups in total. The zero-order valence-electron chi connectivity index (χ0n) is 17.6. The van der Waals surface area contributed by atoms with Gasteiger partial charge in [-0.3, -0.25) is 0 Å². The Morgan fingerprint density at radius 1 is 0.933 bits per heavy atom. The number of nitrogens with zero attached hydrogens (tertiary/aromatic N) is 1. The zero-order chi connectivity index (χ0) is 21.0. The van der Waals surface area contributed by atoms with Crippen molar-refractivity contribution >= 4 is 12.2 Å². The largest absolute Gasteiger partial charge is 0.361 e. The molecule has 30 heavy (non-hydrogen) atoms. The van der Waals surface area contributed by atoms with Gasteiger partial charge in [0.05, 0.1) is 6.61 Å². The summed E-state index contributed by atoms with van der Waals surface area (Å²) in [4.78, 5) is 2.19. The van der Waals surface area contributed by atoms with Gasteiger partial charge in [-0.05, 0) is 79.5 Å². The predicted octanol–water partition coefficient (Wildman–Crippen LogP) is 6.11. The number of rotatable bonds is 7. The number of halogens is 1. The predicted molar refractivity (Wildman–Crippen MR) is 122 cm³/mol. The lowest BCUT2D eigenvalue weighted by Crippen LogP contribution is -2.28. The lowest BCUT2D eigenvalue weighted by molar-refractivity contribution is -0.0140. The standard InChI is InChI=1S/C27H28FNO/c1-29(2)18-6-17-27(24-12-14-25(28)15-13-24)26-16-11-22(19-23(26)20-30-27)10-9-21-7-4-3-5-8-21/h3-5,7-16,19H,6,17-18,20H2,1-2H3/b10-9+/t27-/m0/s1. The van der Waals surface area contributed by atoms with E-state index in [4.69, 9.17) is 4.74 Å². The van der Waals surface area contributed by atoms with Gasteiger partial charge in [0.15, 0.2) is 0 Å². The third-order valence-electron chi connectivity index (χ3n) is 5.75. The zero-order valence-corrected chi connectivity index (χ0v) is 17.6. The topological polar surface area (TPSA) is 12.5 Å². The first-order chi connectivity index (χ1) is 14.6. The molecule has 2 nitrogen and oxygen atoms in total. The number of hydrogen-bond acceptors (Lipinski definition) is 2. The van der Waals surface area contributed by atoms with Gasteiger partial charge in [-0.2, -0.15) is 0 Å². The van der Waals surface area contributed by atoms with Gasteiger partial charge in [-0.15, -0.1) is 0 Å². The molecule has 3 aromatic rings. The van der Waals surface area contributed by atoms with Crippen molar-refractivity contribution < 1.29 is 9.13 Å². The maximum absolute atomic E-state index is 13.6. The molecule has 0 spiro atoms. The van der Waals surface area contributed by atoms with Crippen molar-refractivity contribution in [1.29, 1.82) is 0 Å². The Hall–Kier alpha value is -2.75. The van der Waals surface area contributed by atoms with E-state index in [0.29, 0.717) is 6.61 Å². The summed E-state index contributed by atoms with van der Waals surface area (Å²) in [6.07, 6.45) is 6.13. The van der Waals surface area contributed by atoms with E-state index >= 15 is 0 Å². The van der Waals surface area contributed by atoms with E-state index in [1.54, 1.807) is 0 Å². The van der Waals surface area contributed by atoms with Crippen molar-refractivity contribution in [2.45, 2.75) is 25.0 Å². The molecule has 154 valence electrons. The molecule has 3 heteroatoms. The molecular formula is C27H28FNO. The van der Waals surface area contributed by atoms with Crippen molar-refractivity contribution in [2.24, 2.45) is 0 Å². The molecule has 4 rings (SSSR count). The van der Waals surface area contributed by atoms with Gasteiger partial charge < -0.3 is 9.64 Å². The molecule has 1 heterocycles. The van der Waals surface area contributed by atoms with Crippen LogP contribution >= 0.6 is 0 Å². The van der Waals surface area contributed by atoms with Crippen molar-refractivity contribution in [3.63, 3.8) is 0 Å². The number of hydrogen-bond donors (Lipinski definition) is 0. The maximum Gasteiger partial charge on any atom is 0.123 e. The molecule has 0 amide bonds. The summed E-state index contributed by atoms with van der Waals surface area (Å²) in [5.74, 6) is -0.221. The van der Waals surface area contributed by atoms with Gasteiger partial charge in [0.1, 0.15) is 11.4 Å². The van der Waals surface area contributed by atoms with Gasteiger partial charge in [-0.25, -0.2) is 4.39 Å². The Morgan fingerprint density at radius 3 is 2.40 bits per heavy atom. The third-order valence-corrected chi connectivity index (χ3v) is 5.75. The monoisotopic (exact) mass is 401 g/mol. The SMILES string of the molecule is CN(C)CCC[C@@]1(c2ccc(F)cc2)OCc2cc(/C=C/c3ccccc3)ccc21. The molecule has 3 aromatic carbocycles. The summed E-state index contributed by atoms with van der Waals surface area (Å²) in [6, 6.07) is 23.6. The van der Waals surface area contributed by atoms with Crippen molar-refractivity contribution in [2.75, 3.05) is 20.6 Å². The molecular weight excluding hydrogens is 373 g/mol. The van der Waals surface area contributed by atoms with E-state index < -0.39 is 5.60 Å². The fourth-order valence-corrected chi connectivity index (χ4v) is 4.22. The van der Waals surface area contributed by atoms with Crippen molar-refractivity contribution in [3.05, 3.63) is 106 Å². The van der Waals surface area contributed by atoms with E-state index in [0.717, 1.165) is 30.5 Å². The summed E-state index contributed by atoms with van der Waals surface area (Å²) in [5, 5.41) is 0. The van der Waals surface area contributed by atoms with E-state index in [9.17, 15) is 4.39 Å². The molecule has 0 radical (unpaired) electrons. The summed E-state index contributed by atoms with van der Waals surface area (Å²) < 4.78 is 20.0. The molecule has 0 bridgehead atoms. The average Bonchev–Trinajstić information content (AvgIpc) is 3.12. The summed E-state index contributed by atoms with van der Waals surface area (Å²) in [6.45, 7) is 1.56. The molecule has 0 aliphatic carbocycles. The number of benzene rings is 3. The second kappa shape index (κ2) is 8.95. The van der Waals surface area contributed by atoms with Crippen LogP contribution in [-0.4, -0.2) is 25.5 Å². The number of fused-ring (bicyclic) bond motifs is 1. The molecule has 1 aliphatic rings. The summed E-state index contributed by atoms with van der Waals surface area (Å²) >= 11 is 0. The quantitative estimate of drug-likeness (QED) is 0.443. The normalized spacial score (nSPS) is 18.3. The highest BCUT2D eigenvalue weighted by Crippen LogP contribution is 2.45. The molecule has 1 aliphatic heterocycles. The van der Waals surface area contributed by atoms with Crippen LogP contribution in [0.25, 0.3) is 12.2 Å². The van der Waals surface area contributed by atoms with Crippen molar-refractivity contribution in [3.8, 4) is 0 Å². The van der Waals surface area contributed by atoms with Crippen LogP contribution in [0.4, 0.5) is 4.39 Å². The molecule has 1 atom stereocenters. The van der Waals surface area contributed by atoms with Gasteiger partial charge in [0.25, 0.3) is 0 Å². The first-order valence-corrected chi connectivity index (χ1v) is 10.5. The first kappa shape index (κ1) is 20.5. The van der Waals surface area contributed by atoms with Gasteiger partial charge in [-0.1, -0.05) is 66.7 Å². The maximum atomic E-state index is 13.6. The Kier molecular flexibility index (Phi) is 6.12. The second-order valence-corrected chi connectivity index (χ2v) is 8.19. The molecule has 0 saturated heterocycles. The van der Waals surface area contributed by atoms with E-state index in [-0.39, 0.29) is 5.82 Å². The van der Waals surface area contributed by atoms with Crippen LogP contribution in [-0.2, 0) is 16.9 Å². The van der Waals surface area contributed by atoms with Crippen LogP contribution in [0.3, 0.4) is 0 Å². The minimum absolute atomic E-state index is 0.221. The molecule has 0 unspecified atom stereocenters.